The lowest BCUT2D eigenvalue weighted by molar-refractivity contribution is -0.138. The Kier molecular flexibility index (Phi) is 4.23. The van der Waals surface area contributed by atoms with Gasteiger partial charge in [0.05, 0.1) is 5.56 Å². The molecule has 2 aromatic carbocycles. The maximum absolute atomic E-state index is 12.9. The summed E-state index contributed by atoms with van der Waals surface area (Å²) in [5.74, 6) is -0.417. The topological polar surface area (TPSA) is 17.1 Å². The van der Waals surface area contributed by atoms with E-state index in [0.29, 0.717) is 5.56 Å². The number of halogens is 4. The Bertz CT molecular complexity index is 685. The van der Waals surface area contributed by atoms with Crippen molar-refractivity contribution >= 4 is 21.7 Å². The Labute approximate surface area is 128 Å². The summed E-state index contributed by atoms with van der Waals surface area (Å²) in [6, 6.07) is 8.76. The third-order valence-corrected chi connectivity index (χ3v) is 3.71. The van der Waals surface area contributed by atoms with E-state index in [2.05, 4.69) is 15.9 Å². The van der Waals surface area contributed by atoms with Gasteiger partial charge < -0.3 is 0 Å². The van der Waals surface area contributed by atoms with Crippen LogP contribution in [0.4, 0.5) is 13.2 Å². The highest BCUT2D eigenvalue weighted by Crippen LogP contribution is 2.35. The Hall–Kier alpha value is -1.62. The van der Waals surface area contributed by atoms with Crippen LogP contribution < -0.4 is 0 Å². The minimum atomic E-state index is -4.50. The fraction of sp³-hybridized carbons (Fsp3) is 0.188. The van der Waals surface area contributed by atoms with E-state index in [1.165, 1.54) is 12.1 Å². The summed E-state index contributed by atoms with van der Waals surface area (Å²) in [6.07, 6.45) is -4.50. The molecule has 110 valence electrons. The molecule has 1 nitrogen and oxygen atoms in total. The van der Waals surface area contributed by atoms with Crippen molar-refractivity contribution in [3.05, 3.63) is 68.7 Å². The van der Waals surface area contributed by atoms with Crippen LogP contribution in [-0.4, -0.2) is 5.78 Å². The van der Waals surface area contributed by atoms with Gasteiger partial charge in [0.25, 0.3) is 0 Å². The first kappa shape index (κ1) is 15.8. The Morgan fingerprint density at radius 3 is 2.05 bits per heavy atom. The highest BCUT2D eigenvalue weighted by Gasteiger charge is 2.33. The average Bonchev–Trinajstić information content (AvgIpc) is 2.36. The molecule has 2 aromatic rings. The van der Waals surface area contributed by atoms with Gasteiger partial charge in [0.2, 0.25) is 0 Å². The van der Waals surface area contributed by atoms with Crippen LogP contribution in [0.15, 0.2) is 40.9 Å². The first-order chi connectivity index (χ1) is 9.68. The third-order valence-electron chi connectivity index (χ3n) is 3.02. The van der Waals surface area contributed by atoms with Crippen LogP contribution in [-0.2, 0) is 6.18 Å². The van der Waals surface area contributed by atoms with E-state index >= 15 is 0 Å². The average molecular weight is 357 g/mol. The van der Waals surface area contributed by atoms with Crippen molar-refractivity contribution in [2.24, 2.45) is 0 Å². The Balaban J connectivity index is 2.49. The van der Waals surface area contributed by atoms with Gasteiger partial charge in [0.15, 0.2) is 5.78 Å². The maximum Gasteiger partial charge on any atom is 0.417 e. The SMILES string of the molecule is Cc1cc(C)cc(C(=O)c2ccc(Br)c(C(F)(F)F)c2)c1. The summed E-state index contributed by atoms with van der Waals surface area (Å²) in [6.45, 7) is 3.68. The van der Waals surface area contributed by atoms with E-state index in [0.717, 1.165) is 17.2 Å². The summed E-state index contributed by atoms with van der Waals surface area (Å²) in [7, 11) is 0. The molecule has 0 aliphatic rings. The zero-order valence-electron chi connectivity index (χ0n) is 11.4. The Morgan fingerprint density at radius 1 is 0.952 bits per heavy atom. The molecule has 2 rings (SSSR count). The molecule has 21 heavy (non-hydrogen) atoms. The predicted molar refractivity (Wildman–Crippen MR) is 78.5 cm³/mol. The van der Waals surface area contributed by atoms with E-state index in [4.69, 9.17) is 0 Å². The van der Waals surface area contributed by atoms with Gasteiger partial charge in [-0.15, -0.1) is 0 Å². The van der Waals surface area contributed by atoms with Crippen molar-refractivity contribution < 1.29 is 18.0 Å². The zero-order chi connectivity index (χ0) is 15.8. The van der Waals surface area contributed by atoms with Gasteiger partial charge in [-0.2, -0.15) is 13.2 Å². The summed E-state index contributed by atoms with van der Waals surface area (Å²) < 4.78 is 38.6. The quantitative estimate of drug-likeness (QED) is 0.666. The minimum Gasteiger partial charge on any atom is -0.289 e. The largest absolute Gasteiger partial charge is 0.417 e. The first-order valence-corrected chi connectivity index (χ1v) is 6.97. The van der Waals surface area contributed by atoms with Crippen LogP contribution >= 0.6 is 15.9 Å². The monoisotopic (exact) mass is 356 g/mol. The van der Waals surface area contributed by atoms with Gasteiger partial charge in [-0.1, -0.05) is 33.1 Å². The number of alkyl halides is 3. The van der Waals surface area contributed by atoms with E-state index in [1.807, 2.05) is 19.9 Å². The molecule has 0 aliphatic carbocycles. The smallest absolute Gasteiger partial charge is 0.289 e. The maximum atomic E-state index is 12.9. The van der Waals surface area contributed by atoms with Crippen LogP contribution in [0, 0.1) is 13.8 Å². The van der Waals surface area contributed by atoms with Crippen LogP contribution in [0.2, 0.25) is 0 Å². The lowest BCUT2D eigenvalue weighted by atomic mass is 9.98. The number of hydrogen-bond acceptors (Lipinski definition) is 1. The van der Waals surface area contributed by atoms with Crippen molar-refractivity contribution in [2.45, 2.75) is 20.0 Å². The number of carbonyl (C=O) groups excluding carboxylic acids is 1. The van der Waals surface area contributed by atoms with Crippen molar-refractivity contribution in [1.82, 2.24) is 0 Å². The number of carbonyl (C=O) groups is 1. The van der Waals surface area contributed by atoms with Gasteiger partial charge in [0.1, 0.15) is 0 Å². The molecule has 0 aromatic heterocycles. The number of hydrogen-bond donors (Lipinski definition) is 0. The second-order valence-corrected chi connectivity index (χ2v) is 5.75. The number of aryl methyl sites for hydroxylation is 2. The molecule has 0 atom stereocenters. The van der Waals surface area contributed by atoms with Gasteiger partial charge in [-0.25, -0.2) is 0 Å². The second-order valence-electron chi connectivity index (χ2n) is 4.90. The summed E-state index contributed by atoms with van der Waals surface area (Å²) in [4.78, 5) is 12.4. The molecule has 0 bridgehead atoms. The van der Waals surface area contributed by atoms with Crippen LogP contribution in [0.3, 0.4) is 0 Å². The van der Waals surface area contributed by atoms with Gasteiger partial charge in [-0.05, 0) is 44.2 Å². The van der Waals surface area contributed by atoms with Crippen molar-refractivity contribution in [2.75, 3.05) is 0 Å². The standard InChI is InChI=1S/C16H12BrF3O/c1-9-5-10(2)7-12(6-9)15(21)11-3-4-14(17)13(8-11)16(18,19)20/h3-8H,1-2H3. The van der Waals surface area contributed by atoms with Gasteiger partial charge in [-0.3, -0.25) is 4.79 Å². The zero-order valence-corrected chi connectivity index (χ0v) is 13.0. The molecular weight excluding hydrogens is 345 g/mol. The van der Waals surface area contributed by atoms with E-state index in [-0.39, 0.29) is 10.0 Å². The molecule has 0 saturated heterocycles. The molecule has 0 amide bonds. The molecule has 0 aliphatic heterocycles. The second kappa shape index (κ2) is 5.64. The molecule has 0 unspecified atom stereocenters. The normalized spacial score (nSPS) is 11.5. The van der Waals surface area contributed by atoms with E-state index < -0.39 is 17.5 Å². The third kappa shape index (κ3) is 3.53. The fourth-order valence-electron chi connectivity index (χ4n) is 2.16. The number of rotatable bonds is 2. The van der Waals surface area contributed by atoms with E-state index in [9.17, 15) is 18.0 Å². The predicted octanol–water partition coefficient (Wildman–Crippen LogP) is 5.32. The van der Waals surface area contributed by atoms with Crippen LogP contribution in [0.5, 0.6) is 0 Å². The van der Waals surface area contributed by atoms with Gasteiger partial charge >= 0.3 is 6.18 Å². The molecular formula is C16H12BrF3O. The highest BCUT2D eigenvalue weighted by molar-refractivity contribution is 9.10. The molecule has 0 saturated carbocycles. The lowest BCUT2D eigenvalue weighted by Gasteiger charge is -2.11. The van der Waals surface area contributed by atoms with Crippen LogP contribution in [0.25, 0.3) is 0 Å². The fourth-order valence-corrected chi connectivity index (χ4v) is 2.63. The highest BCUT2D eigenvalue weighted by atomic mass is 79.9. The first-order valence-electron chi connectivity index (χ1n) is 6.18. The molecule has 5 heteroatoms. The minimum absolute atomic E-state index is 0.0236. The van der Waals surface area contributed by atoms with Crippen molar-refractivity contribution in [3.8, 4) is 0 Å². The molecule has 0 radical (unpaired) electrons. The van der Waals surface area contributed by atoms with Crippen LogP contribution in [0.1, 0.15) is 32.6 Å². The van der Waals surface area contributed by atoms with Crippen molar-refractivity contribution in [1.29, 1.82) is 0 Å². The number of benzene rings is 2. The Morgan fingerprint density at radius 2 is 1.52 bits per heavy atom. The number of ketones is 1. The van der Waals surface area contributed by atoms with Gasteiger partial charge in [0, 0.05) is 15.6 Å². The van der Waals surface area contributed by atoms with Crippen molar-refractivity contribution in [3.63, 3.8) is 0 Å². The summed E-state index contributed by atoms with van der Waals surface area (Å²) in [5.41, 5.74) is 1.36. The summed E-state index contributed by atoms with van der Waals surface area (Å²) in [5, 5.41) is 0. The summed E-state index contributed by atoms with van der Waals surface area (Å²) >= 11 is 2.86. The molecule has 0 N–H and O–H groups in total. The molecule has 0 heterocycles. The molecule has 0 fully saturated rings. The van der Waals surface area contributed by atoms with E-state index in [1.54, 1.807) is 12.1 Å². The molecule has 0 spiro atoms. The lowest BCUT2D eigenvalue weighted by Crippen LogP contribution is -2.09.